The molecule has 0 amide bonds. The fourth-order valence-corrected chi connectivity index (χ4v) is 2.07. The van der Waals surface area contributed by atoms with Gasteiger partial charge in [0.1, 0.15) is 6.17 Å². The van der Waals surface area contributed by atoms with Crippen molar-refractivity contribution in [2.75, 3.05) is 6.54 Å². The number of aryl methyl sites for hydroxylation is 1. The van der Waals surface area contributed by atoms with E-state index in [1.165, 1.54) is 12.1 Å². The van der Waals surface area contributed by atoms with Gasteiger partial charge in [0.2, 0.25) is 0 Å². The van der Waals surface area contributed by atoms with Crippen molar-refractivity contribution in [1.82, 2.24) is 5.32 Å². The molecule has 0 aliphatic carbocycles. The molecule has 2 rings (SSSR count). The summed E-state index contributed by atoms with van der Waals surface area (Å²) in [5.41, 5.74) is 0.956. The summed E-state index contributed by atoms with van der Waals surface area (Å²) in [6.45, 7) is 4.40. The second-order valence-corrected chi connectivity index (χ2v) is 5.85. The molecule has 1 aliphatic rings. The third-order valence-electron chi connectivity index (χ3n) is 2.62. The molecule has 0 spiro atoms. The van der Waals surface area contributed by atoms with Gasteiger partial charge < -0.3 is 5.32 Å². The number of rotatable bonds is 1. The van der Waals surface area contributed by atoms with Crippen molar-refractivity contribution in [1.29, 1.82) is 0 Å². The number of hydrogen-bond acceptors (Lipinski definition) is 3. The van der Waals surface area contributed by atoms with Crippen molar-refractivity contribution < 1.29 is 17.4 Å². The SMILES string of the molecule is C[C@@H]1C[C@@H](F)CN1.Cc1ccc(S(=O)(=O)O)cc1. The Morgan fingerprint density at radius 2 is 1.89 bits per heavy atom. The van der Waals surface area contributed by atoms with Gasteiger partial charge in [0.05, 0.1) is 4.90 Å². The largest absolute Gasteiger partial charge is 0.311 e. The summed E-state index contributed by atoms with van der Waals surface area (Å²) >= 11 is 0. The second-order valence-electron chi connectivity index (χ2n) is 4.43. The summed E-state index contributed by atoms with van der Waals surface area (Å²) < 4.78 is 41.7. The Bertz CT molecular complexity index is 465. The molecule has 1 heterocycles. The molecule has 102 valence electrons. The van der Waals surface area contributed by atoms with Gasteiger partial charge in [0.25, 0.3) is 10.1 Å². The topological polar surface area (TPSA) is 66.4 Å². The Kier molecular flexibility index (Phi) is 5.25. The quantitative estimate of drug-likeness (QED) is 0.769. The lowest BCUT2D eigenvalue weighted by atomic mass is 10.2. The molecular weight excluding hydrogens is 257 g/mol. The molecular formula is C12H18FNO3S. The lowest BCUT2D eigenvalue weighted by molar-refractivity contribution is 0.357. The van der Waals surface area contributed by atoms with Gasteiger partial charge in [0, 0.05) is 12.6 Å². The first-order valence-corrected chi connectivity index (χ1v) is 7.14. The zero-order valence-corrected chi connectivity index (χ0v) is 11.2. The highest BCUT2D eigenvalue weighted by Gasteiger charge is 2.18. The van der Waals surface area contributed by atoms with E-state index in [-0.39, 0.29) is 4.90 Å². The van der Waals surface area contributed by atoms with Gasteiger partial charge in [-0.25, -0.2) is 4.39 Å². The molecule has 1 fully saturated rings. The molecule has 0 bridgehead atoms. The highest BCUT2D eigenvalue weighted by molar-refractivity contribution is 7.85. The van der Waals surface area contributed by atoms with Crippen molar-refractivity contribution in [3.63, 3.8) is 0 Å². The van der Waals surface area contributed by atoms with Crippen LogP contribution in [0.1, 0.15) is 18.9 Å². The molecule has 2 N–H and O–H groups in total. The molecule has 1 aliphatic heterocycles. The van der Waals surface area contributed by atoms with E-state index < -0.39 is 16.3 Å². The van der Waals surface area contributed by atoms with Crippen LogP contribution in [-0.4, -0.2) is 31.7 Å². The standard InChI is InChI=1S/C7H8O3S.C5H10FN/c1-6-2-4-7(5-3-6)11(8,9)10;1-4-2-5(6)3-7-4/h2-5H,1H3,(H,8,9,10);4-5,7H,2-3H2,1H3/t;4-,5-/m.1/s1. The molecule has 0 aromatic heterocycles. The first-order valence-electron chi connectivity index (χ1n) is 5.70. The summed E-state index contributed by atoms with van der Waals surface area (Å²) in [4.78, 5) is -0.0666. The van der Waals surface area contributed by atoms with Gasteiger partial charge >= 0.3 is 0 Å². The van der Waals surface area contributed by atoms with E-state index in [9.17, 15) is 12.8 Å². The number of alkyl halides is 1. The van der Waals surface area contributed by atoms with Gasteiger partial charge in [0.15, 0.2) is 0 Å². The molecule has 1 saturated heterocycles. The maximum absolute atomic E-state index is 12.1. The maximum Gasteiger partial charge on any atom is 0.294 e. The summed E-state index contributed by atoms with van der Waals surface area (Å²) in [7, 11) is -4.02. The van der Waals surface area contributed by atoms with Gasteiger partial charge in [-0.15, -0.1) is 0 Å². The van der Waals surface area contributed by atoms with Gasteiger partial charge in [-0.1, -0.05) is 17.7 Å². The number of benzene rings is 1. The lowest BCUT2D eigenvalue weighted by Crippen LogP contribution is -2.16. The van der Waals surface area contributed by atoms with E-state index in [4.69, 9.17) is 4.55 Å². The number of hydrogen-bond donors (Lipinski definition) is 2. The summed E-state index contributed by atoms with van der Waals surface area (Å²) in [5, 5.41) is 2.99. The Morgan fingerprint density at radius 1 is 1.33 bits per heavy atom. The van der Waals surface area contributed by atoms with Crippen LogP contribution in [0, 0.1) is 6.92 Å². The van der Waals surface area contributed by atoms with Crippen LogP contribution in [0.2, 0.25) is 0 Å². The third-order valence-corrected chi connectivity index (χ3v) is 3.48. The first kappa shape index (κ1) is 15.1. The predicted molar refractivity (Wildman–Crippen MR) is 68.0 cm³/mol. The molecule has 0 radical (unpaired) electrons. The van der Waals surface area contributed by atoms with E-state index >= 15 is 0 Å². The van der Waals surface area contributed by atoms with Crippen molar-refractivity contribution >= 4 is 10.1 Å². The fraction of sp³-hybridized carbons (Fsp3) is 0.500. The van der Waals surface area contributed by atoms with E-state index in [1.54, 1.807) is 12.1 Å². The summed E-state index contributed by atoms with van der Waals surface area (Å²) in [6, 6.07) is 6.39. The van der Waals surface area contributed by atoms with Crippen LogP contribution in [0.15, 0.2) is 29.2 Å². The van der Waals surface area contributed by atoms with E-state index in [0.29, 0.717) is 19.0 Å². The minimum Gasteiger partial charge on any atom is -0.311 e. The van der Waals surface area contributed by atoms with Crippen LogP contribution in [0.4, 0.5) is 4.39 Å². The smallest absolute Gasteiger partial charge is 0.294 e. The maximum atomic E-state index is 12.1. The van der Waals surface area contributed by atoms with Crippen molar-refractivity contribution in [2.24, 2.45) is 0 Å². The molecule has 1 aromatic carbocycles. The lowest BCUT2D eigenvalue weighted by Gasteiger charge is -1.95. The highest BCUT2D eigenvalue weighted by atomic mass is 32.2. The molecule has 1 aromatic rings. The molecule has 0 unspecified atom stereocenters. The average Bonchev–Trinajstić information content (AvgIpc) is 2.62. The van der Waals surface area contributed by atoms with Crippen LogP contribution in [0.25, 0.3) is 0 Å². The Labute approximate surface area is 107 Å². The van der Waals surface area contributed by atoms with E-state index in [0.717, 1.165) is 5.56 Å². The zero-order valence-electron chi connectivity index (χ0n) is 10.4. The molecule has 18 heavy (non-hydrogen) atoms. The van der Waals surface area contributed by atoms with Crippen LogP contribution in [0.3, 0.4) is 0 Å². The predicted octanol–water partition coefficient (Wildman–Crippen LogP) is 1.95. The highest BCUT2D eigenvalue weighted by Crippen LogP contribution is 2.08. The van der Waals surface area contributed by atoms with Crippen LogP contribution in [-0.2, 0) is 10.1 Å². The number of halogens is 1. The molecule has 0 saturated carbocycles. The molecule has 6 heteroatoms. The first-order chi connectivity index (χ1) is 8.29. The summed E-state index contributed by atoms with van der Waals surface area (Å²) in [5.74, 6) is 0. The third kappa shape index (κ3) is 5.12. The van der Waals surface area contributed by atoms with Crippen molar-refractivity contribution in [2.45, 2.75) is 37.4 Å². The fourth-order valence-electron chi connectivity index (χ4n) is 1.59. The second kappa shape index (κ2) is 6.26. The van der Waals surface area contributed by atoms with Gasteiger partial charge in [-0.3, -0.25) is 4.55 Å². The number of nitrogens with one attached hydrogen (secondary N) is 1. The molecule has 2 atom stereocenters. The van der Waals surface area contributed by atoms with E-state index in [2.05, 4.69) is 5.32 Å². The monoisotopic (exact) mass is 275 g/mol. The van der Waals surface area contributed by atoms with E-state index in [1.807, 2.05) is 13.8 Å². The minimum absolute atomic E-state index is 0.0666. The molecule has 4 nitrogen and oxygen atoms in total. The van der Waals surface area contributed by atoms with Gasteiger partial charge in [-0.2, -0.15) is 8.42 Å². The Balaban J connectivity index is 0.000000199. The van der Waals surface area contributed by atoms with Crippen molar-refractivity contribution in [3.8, 4) is 0 Å². The Hall–Kier alpha value is -0.980. The minimum atomic E-state index is -4.02. The summed E-state index contributed by atoms with van der Waals surface area (Å²) in [6.07, 6.45) is 0.106. The zero-order chi connectivity index (χ0) is 13.8. The van der Waals surface area contributed by atoms with Gasteiger partial charge in [-0.05, 0) is 32.4 Å². The Morgan fingerprint density at radius 3 is 2.17 bits per heavy atom. The normalized spacial score (nSPS) is 23.3. The van der Waals surface area contributed by atoms with Crippen LogP contribution >= 0.6 is 0 Å². The van der Waals surface area contributed by atoms with Crippen molar-refractivity contribution in [3.05, 3.63) is 29.8 Å². The average molecular weight is 275 g/mol. The van der Waals surface area contributed by atoms with Crippen LogP contribution < -0.4 is 5.32 Å². The van der Waals surface area contributed by atoms with Crippen LogP contribution in [0.5, 0.6) is 0 Å².